The Bertz CT molecular complexity index is 1330. The molecule has 1 fully saturated rings. The molecular weight excluding hydrogens is 547 g/mol. The van der Waals surface area contributed by atoms with Gasteiger partial charge in [0.15, 0.2) is 0 Å². The molecule has 0 N–H and O–H groups in total. The molecule has 1 unspecified atom stereocenters. The predicted molar refractivity (Wildman–Crippen MR) is 167 cm³/mol. The Morgan fingerprint density at radius 3 is 1.93 bits per heavy atom. The van der Waals surface area contributed by atoms with Gasteiger partial charge in [-0.1, -0.05) is 104 Å². The molecule has 0 saturated carbocycles. The van der Waals surface area contributed by atoms with E-state index in [1.165, 1.54) is 14.0 Å². The van der Waals surface area contributed by atoms with E-state index in [-0.39, 0.29) is 6.02 Å². The van der Waals surface area contributed by atoms with Crippen LogP contribution in [0.4, 0.5) is 4.39 Å². The lowest BCUT2D eigenvalue weighted by Gasteiger charge is -2.24. The molecule has 0 spiro atoms. The largest absolute Gasteiger partial charge is 0.467 e. The van der Waals surface area contributed by atoms with Crippen molar-refractivity contribution in [3.63, 3.8) is 0 Å². The van der Waals surface area contributed by atoms with Crippen LogP contribution in [0, 0.1) is 0 Å². The van der Waals surface area contributed by atoms with Gasteiger partial charge in [0.05, 0.1) is 39.2 Å². The highest BCUT2D eigenvalue weighted by Crippen LogP contribution is 2.30. The van der Waals surface area contributed by atoms with Crippen LogP contribution in [-0.2, 0) is 43.5 Å². The summed E-state index contributed by atoms with van der Waals surface area (Å²) in [6.07, 6.45) is 1.68. The van der Waals surface area contributed by atoms with Gasteiger partial charge in [-0.15, -0.1) is 0 Å². The third kappa shape index (κ3) is 10.7. The standard InChI is InChI=1S/C35H39FN2O5/c1-26(36)21-37-35(39-3)38-27(2)19-20-31-33(41-23-29-15-9-5-10-16-29)34(42-24-30-17-11-6-12-18-30)32(43-31)25-40-22-28-13-7-4-8-14-28/h4-21,26,31-34H,2,22-25H2,1,3H3/b20-19+,37-21?,38-35?/t26?,31-,32+,33-,34+/m0/s1. The Morgan fingerprint density at radius 1 is 0.860 bits per heavy atom. The molecule has 0 aromatic heterocycles. The van der Waals surface area contributed by atoms with Crippen molar-refractivity contribution in [3.05, 3.63) is 132 Å². The van der Waals surface area contributed by atoms with Crippen molar-refractivity contribution in [2.45, 2.75) is 57.3 Å². The first-order chi connectivity index (χ1) is 21.0. The average Bonchev–Trinajstić information content (AvgIpc) is 3.37. The summed E-state index contributed by atoms with van der Waals surface area (Å²) in [6.45, 7) is 6.88. The van der Waals surface area contributed by atoms with Crippen LogP contribution in [0.25, 0.3) is 0 Å². The van der Waals surface area contributed by atoms with Crippen molar-refractivity contribution in [3.8, 4) is 0 Å². The molecule has 8 heteroatoms. The van der Waals surface area contributed by atoms with Crippen LogP contribution in [0.15, 0.2) is 125 Å². The van der Waals surface area contributed by atoms with Gasteiger partial charge in [0.1, 0.15) is 30.6 Å². The van der Waals surface area contributed by atoms with Crippen molar-refractivity contribution >= 4 is 12.2 Å². The van der Waals surface area contributed by atoms with Crippen LogP contribution >= 0.6 is 0 Å². The summed E-state index contributed by atoms with van der Waals surface area (Å²) in [4.78, 5) is 8.16. The number of benzene rings is 3. The number of ether oxygens (including phenoxy) is 5. The van der Waals surface area contributed by atoms with Crippen molar-refractivity contribution in [1.29, 1.82) is 0 Å². The molecule has 0 amide bonds. The summed E-state index contributed by atoms with van der Waals surface area (Å²) in [6, 6.07) is 29.9. The van der Waals surface area contributed by atoms with E-state index in [0.29, 0.717) is 32.1 Å². The smallest absolute Gasteiger partial charge is 0.316 e. The van der Waals surface area contributed by atoms with Crippen molar-refractivity contribution in [2.24, 2.45) is 9.98 Å². The second-order valence-corrected chi connectivity index (χ2v) is 10.1. The number of aliphatic imine (C=N–C) groups is 2. The number of alkyl halides is 1. The van der Waals surface area contributed by atoms with Crippen LogP contribution in [0.1, 0.15) is 23.6 Å². The number of hydrogen-bond donors (Lipinski definition) is 0. The summed E-state index contributed by atoms with van der Waals surface area (Å²) in [5, 5.41) is 0. The normalized spacial score (nSPS) is 21.4. The van der Waals surface area contributed by atoms with Gasteiger partial charge in [0.2, 0.25) is 0 Å². The van der Waals surface area contributed by atoms with Gasteiger partial charge in [-0.3, -0.25) is 0 Å². The number of rotatable bonds is 14. The van der Waals surface area contributed by atoms with E-state index >= 15 is 0 Å². The molecule has 4 rings (SSSR count). The molecule has 1 saturated heterocycles. The van der Waals surface area contributed by atoms with Gasteiger partial charge in [0.25, 0.3) is 0 Å². The Labute approximate surface area is 253 Å². The Morgan fingerprint density at radius 2 is 1.40 bits per heavy atom. The molecule has 1 aliphatic rings. The van der Waals surface area contributed by atoms with Gasteiger partial charge in [0, 0.05) is 6.21 Å². The first kappa shape index (κ1) is 32.0. The number of halogens is 1. The summed E-state index contributed by atoms with van der Waals surface area (Å²) in [7, 11) is 1.41. The van der Waals surface area contributed by atoms with E-state index in [2.05, 4.69) is 16.6 Å². The minimum atomic E-state index is -1.23. The molecule has 1 aliphatic heterocycles. The topological polar surface area (TPSA) is 70.9 Å². The first-order valence-corrected chi connectivity index (χ1v) is 14.3. The average molecular weight is 587 g/mol. The minimum Gasteiger partial charge on any atom is -0.467 e. The van der Waals surface area contributed by atoms with E-state index in [0.717, 1.165) is 22.9 Å². The highest BCUT2D eigenvalue weighted by atomic mass is 19.1. The fourth-order valence-electron chi connectivity index (χ4n) is 4.50. The Kier molecular flexibility index (Phi) is 12.8. The van der Waals surface area contributed by atoms with Crippen LogP contribution in [0.2, 0.25) is 0 Å². The summed E-state index contributed by atoms with van der Waals surface area (Å²) >= 11 is 0. The molecule has 1 heterocycles. The summed E-state index contributed by atoms with van der Waals surface area (Å²) in [5.74, 6) is 0. The van der Waals surface area contributed by atoms with Crippen molar-refractivity contribution in [1.82, 2.24) is 0 Å². The zero-order valence-electron chi connectivity index (χ0n) is 24.6. The van der Waals surface area contributed by atoms with E-state index in [9.17, 15) is 4.39 Å². The predicted octanol–water partition coefficient (Wildman–Crippen LogP) is 6.64. The zero-order chi connectivity index (χ0) is 30.3. The molecule has 5 atom stereocenters. The fraction of sp³-hybridized carbons (Fsp3) is 0.314. The van der Waals surface area contributed by atoms with E-state index < -0.39 is 30.6 Å². The second-order valence-electron chi connectivity index (χ2n) is 10.1. The molecule has 0 radical (unpaired) electrons. The van der Waals surface area contributed by atoms with E-state index in [4.69, 9.17) is 23.7 Å². The Hall–Kier alpha value is -3.95. The fourth-order valence-corrected chi connectivity index (χ4v) is 4.50. The molecule has 0 bridgehead atoms. The molecule has 43 heavy (non-hydrogen) atoms. The van der Waals surface area contributed by atoms with E-state index in [1.54, 1.807) is 6.08 Å². The SMILES string of the molecule is C=C(/C=C/[C@@H]1O[C@H](COCc2ccccc2)[C@@H](OCc2ccccc2)[C@H]1OCc1ccccc1)N=C(N=CC(C)F)OC. The van der Waals surface area contributed by atoms with Crippen LogP contribution in [0.5, 0.6) is 0 Å². The third-order valence-electron chi connectivity index (χ3n) is 6.60. The third-order valence-corrected chi connectivity index (χ3v) is 6.60. The van der Waals surface area contributed by atoms with Gasteiger partial charge in [-0.05, 0) is 29.7 Å². The number of amidine groups is 1. The van der Waals surface area contributed by atoms with Crippen LogP contribution < -0.4 is 0 Å². The number of allylic oxidation sites excluding steroid dienone is 1. The lowest BCUT2D eigenvalue weighted by molar-refractivity contribution is -0.0896. The Balaban J connectivity index is 1.54. The monoisotopic (exact) mass is 586 g/mol. The summed E-state index contributed by atoms with van der Waals surface area (Å²) in [5.41, 5.74) is 3.51. The highest BCUT2D eigenvalue weighted by molar-refractivity contribution is 5.85. The maximum absolute atomic E-state index is 13.2. The van der Waals surface area contributed by atoms with Gasteiger partial charge in [-0.25, -0.2) is 9.38 Å². The first-order valence-electron chi connectivity index (χ1n) is 14.3. The van der Waals surface area contributed by atoms with Crippen LogP contribution in [-0.4, -0.2) is 56.5 Å². The van der Waals surface area contributed by atoms with Crippen molar-refractivity contribution < 1.29 is 28.1 Å². The lowest BCUT2D eigenvalue weighted by Crippen LogP contribution is -2.38. The molecule has 0 aliphatic carbocycles. The van der Waals surface area contributed by atoms with Crippen LogP contribution in [0.3, 0.4) is 0 Å². The minimum absolute atomic E-state index is 0.000345. The van der Waals surface area contributed by atoms with Gasteiger partial charge in [-0.2, -0.15) is 4.99 Å². The zero-order valence-corrected chi connectivity index (χ0v) is 24.6. The molecule has 226 valence electrons. The number of nitrogens with zero attached hydrogens (tertiary/aromatic N) is 2. The quantitative estimate of drug-likeness (QED) is 0.120. The molecule has 3 aromatic carbocycles. The maximum atomic E-state index is 13.2. The van der Waals surface area contributed by atoms with Crippen molar-refractivity contribution in [2.75, 3.05) is 13.7 Å². The molecular formula is C35H39FN2O5. The number of methoxy groups -OCH3 is 1. The van der Waals surface area contributed by atoms with Gasteiger partial charge >= 0.3 is 6.02 Å². The summed E-state index contributed by atoms with van der Waals surface area (Å²) < 4.78 is 43.9. The molecule has 3 aromatic rings. The lowest BCUT2D eigenvalue weighted by atomic mass is 10.1. The highest BCUT2D eigenvalue weighted by Gasteiger charge is 2.45. The maximum Gasteiger partial charge on any atom is 0.316 e. The molecule has 7 nitrogen and oxygen atoms in total. The van der Waals surface area contributed by atoms with E-state index in [1.807, 2.05) is 97.1 Å². The van der Waals surface area contributed by atoms with Gasteiger partial charge < -0.3 is 23.7 Å². The number of hydrogen-bond acceptors (Lipinski definition) is 6. The second kappa shape index (κ2) is 17.2.